The lowest BCUT2D eigenvalue weighted by Crippen LogP contribution is -2.09. The highest BCUT2D eigenvalue weighted by Gasteiger charge is 2.16. The van der Waals surface area contributed by atoms with Crippen LogP contribution < -0.4 is 0 Å². The molecule has 0 aromatic carbocycles. The summed E-state index contributed by atoms with van der Waals surface area (Å²) in [5.41, 5.74) is 5.15. The van der Waals surface area contributed by atoms with Crippen molar-refractivity contribution < 1.29 is 0 Å². The van der Waals surface area contributed by atoms with E-state index in [4.69, 9.17) is 17.2 Å². The summed E-state index contributed by atoms with van der Waals surface area (Å²) in [6, 6.07) is 7.89. The van der Waals surface area contributed by atoms with E-state index in [1.807, 2.05) is 28.8 Å². The molecule has 4 nitrogen and oxygen atoms in total. The van der Waals surface area contributed by atoms with Gasteiger partial charge in [-0.3, -0.25) is 10.1 Å². The number of pyridine rings is 1. The van der Waals surface area contributed by atoms with Gasteiger partial charge in [-0.2, -0.15) is 0 Å². The Labute approximate surface area is 121 Å². The van der Waals surface area contributed by atoms with Gasteiger partial charge in [0.05, 0.1) is 11.4 Å². The summed E-state index contributed by atoms with van der Waals surface area (Å²) < 4.78 is 2.77. The molecule has 0 fully saturated rings. The molecule has 1 aliphatic rings. The van der Waals surface area contributed by atoms with Gasteiger partial charge in [0.15, 0.2) is 5.65 Å². The number of nitrogens with zero attached hydrogens (tertiary/aromatic N) is 3. The molecule has 0 saturated carbocycles. The molecule has 100 valence electrons. The minimum atomic E-state index is 0.867. The molecule has 4 rings (SSSR count). The van der Waals surface area contributed by atoms with Crippen LogP contribution in [0.15, 0.2) is 30.5 Å². The lowest BCUT2D eigenvalue weighted by Gasteiger charge is -2.14. The summed E-state index contributed by atoms with van der Waals surface area (Å²) in [4.78, 5) is 9.13. The zero-order valence-electron chi connectivity index (χ0n) is 11.0. The van der Waals surface area contributed by atoms with Crippen molar-refractivity contribution in [2.75, 3.05) is 0 Å². The number of H-pyrrole nitrogens is 1. The summed E-state index contributed by atoms with van der Waals surface area (Å²) >= 11 is 5.62. The zero-order chi connectivity index (χ0) is 13.5. The Bertz CT molecular complexity index is 832. The molecule has 1 N–H and O–H groups in total. The van der Waals surface area contributed by atoms with Gasteiger partial charge in [-0.1, -0.05) is 18.3 Å². The van der Waals surface area contributed by atoms with Gasteiger partial charge in [0.2, 0.25) is 0 Å². The standard InChI is InChI=1S/C15H14N4S/c20-15-10-5-1-2-6-11(10)17-14-9-13(18-19(14)15)12-7-3-4-8-16-12/h3-4,7-9,18H,1-2,5-6H2. The first-order chi connectivity index (χ1) is 9.83. The van der Waals surface area contributed by atoms with Crippen molar-refractivity contribution in [3.05, 3.63) is 46.4 Å². The van der Waals surface area contributed by atoms with Gasteiger partial charge in [-0.05, 0) is 37.8 Å². The molecule has 5 heteroatoms. The predicted molar refractivity (Wildman–Crippen MR) is 80.2 cm³/mol. The SMILES string of the molecule is S=c1c2c(nc3cc(-c4ccccn4)[nH]n13)CCCC2. The Morgan fingerprint density at radius 1 is 1.20 bits per heavy atom. The summed E-state index contributed by atoms with van der Waals surface area (Å²) in [5, 5.41) is 3.32. The van der Waals surface area contributed by atoms with Crippen molar-refractivity contribution in [3.8, 4) is 11.4 Å². The topological polar surface area (TPSA) is 46.0 Å². The molecule has 0 saturated heterocycles. The quantitative estimate of drug-likeness (QED) is 0.696. The van der Waals surface area contributed by atoms with Gasteiger partial charge in [-0.15, -0.1) is 0 Å². The van der Waals surface area contributed by atoms with Gasteiger partial charge in [0.1, 0.15) is 4.64 Å². The first kappa shape index (κ1) is 11.8. The molecule has 0 unspecified atom stereocenters. The third-order valence-corrected chi connectivity index (χ3v) is 4.25. The fourth-order valence-corrected chi connectivity index (χ4v) is 3.17. The molecular weight excluding hydrogens is 268 g/mol. The van der Waals surface area contributed by atoms with E-state index in [1.54, 1.807) is 6.20 Å². The first-order valence-corrected chi connectivity index (χ1v) is 7.29. The molecule has 20 heavy (non-hydrogen) atoms. The smallest absolute Gasteiger partial charge is 0.155 e. The van der Waals surface area contributed by atoms with Crippen LogP contribution >= 0.6 is 12.2 Å². The maximum absolute atomic E-state index is 5.62. The minimum Gasteiger partial charge on any atom is -0.289 e. The molecule has 0 aliphatic heterocycles. The fourth-order valence-electron chi connectivity index (χ4n) is 2.81. The summed E-state index contributed by atoms with van der Waals surface area (Å²) in [6.07, 6.45) is 6.29. The maximum Gasteiger partial charge on any atom is 0.155 e. The maximum atomic E-state index is 5.62. The molecule has 0 radical (unpaired) electrons. The average Bonchev–Trinajstić information content (AvgIpc) is 2.93. The van der Waals surface area contributed by atoms with Crippen LogP contribution in [0.25, 0.3) is 17.0 Å². The molecule has 3 heterocycles. The van der Waals surface area contributed by atoms with Crippen LogP contribution in [0, 0.1) is 4.64 Å². The van der Waals surface area contributed by atoms with Crippen molar-refractivity contribution in [2.45, 2.75) is 25.7 Å². The van der Waals surface area contributed by atoms with Crippen LogP contribution in [-0.4, -0.2) is 19.6 Å². The van der Waals surface area contributed by atoms with E-state index in [1.165, 1.54) is 24.1 Å². The summed E-state index contributed by atoms with van der Waals surface area (Å²) in [5.74, 6) is 0. The fraction of sp³-hybridized carbons (Fsp3) is 0.267. The van der Waals surface area contributed by atoms with Crippen LogP contribution in [0.1, 0.15) is 24.1 Å². The van der Waals surface area contributed by atoms with Crippen molar-refractivity contribution in [2.24, 2.45) is 0 Å². The van der Waals surface area contributed by atoms with E-state index in [0.29, 0.717) is 0 Å². The second-order valence-electron chi connectivity index (χ2n) is 5.13. The molecule has 1 aliphatic carbocycles. The third kappa shape index (κ3) is 1.78. The predicted octanol–water partition coefficient (Wildman–Crippen LogP) is 3.33. The van der Waals surface area contributed by atoms with Gasteiger partial charge in [-0.25, -0.2) is 9.50 Å². The molecular formula is C15H14N4S. The Hall–Kier alpha value is -2.01. The van der Waals surface area contributed by atoms with E-state index < -0.39 is 0 Å². The number of hydrogen-bond donors (Lipinski definition) is 1. The van der Waals surface area contributed by atoms with E-state index >= 15 is 0 Å². The van der Waals surface area contributed by atoms with Crippen molar-refractivity contribution in [3.63, 3.8) is 0 Å². The molecule has 0 bridgehead atoms. The number of aromatic amines is 1. The van der Waals surface area contributed by atoms with Crippen LogP contribution in [0.4, 0.5) is 0 Å². The van der Waals surface area contributed by atoms with Gasteiger partial charge < -0.3 is 0 Å². The highest BCUT2D eigenvalue weighted by atomic mass is 32.1. The second-order valence-corrected chi connectivity index (χ2v) is 5.51. The van der Waals surface area contributed by atoms with Crippen LogP contribution in [0.5, 0.6) is 0 Å². The van der Waals surface area contributed by atoms with Crippen LogP contribution in [0.2, 0.25) is 0 Å². The number of aromatic nitrogens is 4. The van der Waals surface area contributed by atoms with E-state index in [0.717, 1.165) is 34.5 Å². The highest BCUT2D eigenvalue weighted by molar-refractivity contribution is 7.71. The molecule has 0 atom stereocenters. The van der Waals surface area contributed by atoms with E-state index in [9.17, 15) is 0 Å². The van der Waals surface area contributed by atoms with Gasteiger partial charge in [0.25, 0.3) is 0 Å². The van der Waals surface area contributed by atoms with Crippen LogP contribution in [0.3, 0.4) is 0 Å². The van der Waals surface area contributed by atoms with E-state index in [2.05, 4.69) is 10.1 Å². The van der Waals surface area contributed by atoms with Crippen molar-refractivity contribution >= 4 is 17.9 Å². The summed E-state index contributed by atoms with van der Waals surface area (Å²) in [6.45, 7) is 0. The Morgan fingerprint density at radius 3 is 2.95 bits per heavy atom. The van der Waals surface area contributed by atoms with Crippen molar-refractivity contribution in [1.82, 2.24) is 19.6 Å². The lowest BCUT2D eigenvalue weighted by molar-refractivity contribution is 0.656. The normalized spacial score (nSPS) is 14.4. The van der Waals surface area contributed by atoms with Gasteiger partial charge in [0, 0.05) is 23.5 Å². The molecule has 0 spiro atoms. The Kier molecular flexibility index (Phi) is 2.67. The molecule has 3 aromatic heterocycles. The Morgan fingerprint density at radius 2 is 2.10 bits per heavy atom. The van der Waals surface area contributed by atoms with Crippen LogP contribution in [-0.2, 0) is 12.8 Å². The number of fused-ring (bicyclic) bond motifs is 2. The number of hydrogen-bond acceptors (Lipinski definition) is 3. The molecule has 3 aromatic rings. The average molecular weight is 282 g/mol. The highest BCUT2D eigenvalue weighted by Crippen LogP contribution is 2.23. The lowest BCUT2D eigenvalue weighted by atomic mass is 9.97. The minimum absolute atomic E-state index is 0.867. The third-order valence-electron chi connectivity index (χ3n) is 3.83. The number of nitrogens with one attached hydrogen (secondary N) is 1. The largest absolute Gasteiger partial charge is 0.289 e. The molecule has 0 amide bonds. The zero-order valence-corrected chi connectivity index (χ0v) is 11.8. The second kappa shape index (κ2) is 4.52. The Balaban J connectivity index is 1.96. The number of rotatable bonds is 1. The first-order valence-electron chi connectivity index (χ1n) is 6.88. The monoisotopic (exact) mass is 282 g/mol. The van der Waals surface area contributed by atoms with Crippen molar-refractivity contribution in [1.29, 1.82) is 0 Å². The van der Waals surface area contributed by atoms with Gasteiger partial charge >= 0.3 is 0 Å². The number of aryl methyl sites for hydroxylation is 1. The summed E-state index contributed by atoms with van der Waals surface area (Å²) in [7, 11) is 0. The van der Waals surface area contributed by atoms with E-state index in [-0.39, 0.29) is 0 Å².